The van der Waals surface area contributed by atoms with Crippen LogP contribution >= 0.6 is 27.3 Å². The van der Waals surface area contributed by atoms with E-state index in [0.29, 0.717) is 10.9 Å². The summed E-state index contributed by atoms with van der Waals surface area (Å²) in [7, 11) is 1.63. The van der Waals surface area contributed by atoms with Crippen LogP contribution in [0.2, 0.25) is 0 Å². The smallest absolute Gasteiger partial charge is 0.239 e. The predicted molar refractivity (Wildman–Crippen MR) is 95.0 cm³/mol. The molecule has 3 rings (SSSR count). The van der Waals surface area contributed by atoms with E-state index >= 15 is 0 Å². The van der Waals surface area contributed by atoms with Gasteiger partial charge in [-0.25, -0.2) is 4.98 Å². The molecular formula is C15H15BrN4O2S. The molecule has 0 aliphatic carbocycles. The highest BCUT2D eigenvalue weighted by molar-refractivity contribution is 9.10. The molecule has 6 nitrogen and oxygen atoms in total. The molecule has 23 heavy (non-hydrogen) atoms. The van der Waals surface area contributed by atoms with Gasteiger partial charge < -0.3 is 10.1 Å². The Morgan fingerprint density at radius 1 is 1.43 bits per heavy atom. The van der Waals surface area contributed by atoms with Gasteiger partial charge in [-0.1, -0.05) is 27.3 Å². The zero-order chi connectivity index (χ0) is 16.6. The molecule has 120 valence electrons. The first-order valence-electron chi connectivity index (χ1n) is 6.94. The molecule has 0 bridgehead atoms. The third kappa shape index (κ3) is 3.23. The number of carbonyl (C=O) groups is 1. The van der Waals surface area contributed by atoms with Crippen molar-refractivity contribution in [2.45, 2.75) is 18.7 Å². The summed E-state index contributed by atoms with van der Waals surface area (Å²) in [5, 5.41) is 7.98. The third-order valence-corrected chi connectivity index (χ3v) is 4.62. The van der Waals surface area contributed by atoms with E-state index < -0.39 is 0 Å². The molecule has 3 aromatic rings. The van der Waals surface area contributed by atoms with E-state index in [-0.39, 0.29) is 10.7 Å². The first-order valence-corrected chi connectivity index (χ1v) is 8.67. The van der Waals surface area contributed by atoms with Crippen LogP contribution in [0.25, 0.3) is 15.3 Å². The predicted octanol–water partition coefficient (Wildman–Crippen LogP) is 3.52. The van der Waals surface area contributed by atoms with Gasteiger partial charge in [0, 0.05) is 6.07 Å². The molecular weight excluding hydrogens is 380 g/mol. The van der Waals surface area contributed by atoms with Gasteiger partial charge >= 0.3 is 0 Å². The number of alkyl halides is 1. The van der Waals surface area contributed by atoms with Crippen LogP contribution in [-0.4, -0.2) is 32.6 Å². The molecule has 8 heteroatoms. The number of hydrogen-bond acceptors (Lipinski definition) is 5. The number of halogens is 1. The van der Waals surface area contributed by atoms with Crippen LogP contribution in [0.5, 0.6) is 5.75 Å². The number of carbonyl (C=O) groups excluding carboxylic acids is 1. The molecule has 0 fully saturated rings. The molecule has 0 spiro atoms. The molecule has 1 atom stereocenters. The summed E-state index contributed by atoms with van der Waals surface area (Å²) in [6, 6.07) is 7.53. The highest BCUT2D eigenvalue weighted by atomic mass is 79.9. The highest BCUT2D eigenvalue weighted by Crippen LogP contribution is 2.30. The number of amides is 1. The van der Waals surface area contributed by atoms with E-state index in [4.69, 9.17) is 4.74 Å². The summed E-state index contributed by atoms with van der Waals surface area (Å²) >= 11 is 4.75. The first-order chi connectivity index (χ1) is 11.0. The van der Waals surface area contributed by atoms with Crippen molar-refractivity contribution < 1.29 is 9.53 Å². The fraction of sp³-hybridized carbons (Fsp3) is 0.267. The molecule has 0 saturated heterocycles. The van der Waals surface area contributed by atoms with Crippen molar-refractivity contribution in [3.05, 3.63) is 30.0 Å². The van der Waals surface area contributed by atoms with E-state index in [1.54, 1.807) is 18.7 Å². The Morgan fingerprint density at radius 2 is 2.22 bits per heavy atom. The van der Waals surface area contributed by atoms with E-state index in [1.165, 1.54) is 11.3 Å². The maximum atomic E-state index is 11.9. The molecule has 0 saturated carbocycles. The number of thiazole rings is 1. The lowest BCUT2D eigenvalue weighted by Gasteiger charge is -2.07. The maximum Gasteiger partial charge on any atom is 0.239 e. The second-order valence-electron chi connectivity index (χ2n) is 5.02. The molecule has 0 radical (unpaired) electrons. The van der Waals surface area contributed by atoms with Gasteiger partial charge in [-0.2, -0.15) is 9.78 Å². The van der Waals surface area contributed by atoms with Gasteiger partial charge in [0.2, 0.25) is 11.0 Å². The molecule has 0 aliphatic rings. The SMILES string of the molecule is COc1ccc2nc(-n3nc(C)cc3NC(=O)C(C)Br)sc2c1. The molecule has 2 aromatic heterocycles. The van der Waals surface area contributed by atoms with Gasteiger partial charge in [-0.3, -0.25) is 4.79 Å². The average Bonchev–Trinajstić information content (AvgIpc) is 3.09. The van der Waals surface area contributed by atoms with Crippen LogP contribution in [0.4, 0.5) is 5.82 Å². The number of methoxy groups -OCH3 is 1. The van der Waals surface area contributed by atoms with Crippen LogP contribution in [-0.2, 0) is 4.79 Å². The molecule has 0 aliphatic heterocycles. The number of ether oxygens (including phenoxy) is 1. The van der Waals surface area contributed by atoms with Crippen LogP contribution in [0.3, 0.4) is 0 Å². The van der Waals surface area contributed by atoms with Gasteiger partial charge in [0.15, 0.2) is 0 Å². The summed E-state index contributed by atoms with van der Waals surface area (Å²) in [6.07, 6.45) is 0. The van der Waals surface area contributed by atoms with Crippen molar-refractivity contribution in [1.29, 1.82) is 0 Å². The minimum absolute atomic E-state index is 0.131. The second-order valence-corrected chi connectivity index (χ2v) is 7.40. The zero-order valence-corrected chi connectivity index (χ0v) is 15.2. The van der Waals surface area contributed by atoms with Gasteiger partial charge in [0.25, 0.3) is 0 Å². The van der Waals surface area contributed by atoms with Crippen LogP contribution in [0.1, 0.15) is 12.6 Å². The molecule has 1 unspecified atom stereocenters. The van der Waals surface area contributed by atoms with E-state index in [1.807, 2.05) is 31.2 Å². The number of nitrogens with zero attached hydrogens (tertiary/aromatic N) is 3. The summed E-state index contributed by atoms with van der Waals surface area (Å²) in [6.45, 7) is 3.65. The van der Waals surface area contributed by atoms with Crippen molar-refractivity contribution in [2.24, 2.45) is 0 Å². The van der Waals surface area contributed by atoms with Gasteiger partial charge in [0.1, 0.15) is 11.6 Å². The summed E-state index contributed by atoms with van der Waals surface area (Å²) in [5.74, 6) is 1.25. The number of fused-ring (bicyclic) bond motifs is 1. The fourth-order valence-electron chi connectivity index (χ4n) is 2.07. The Kier molecular flexibility index (Phi) is 4.36. The number of aryl methyl sites for hydroxylation is 1. The molecule has 1 amide bonds. The second kappa shape index (κ2) is 6.29. The van der Waals surface area contributed by atoms with Crippen molar-refractivity contribution in [1.82, 2.24) is 14.8 Å². The normalized spacial score (nSPS) is 12.3. The summed E-state index contributed by atoms with van der Waals surface area (Å²) in [4.78, 5) is 16.2. The zero-order valence-electron chi connectivity index (χ0n) is 12.8. The minimum atomic E-state index is -0.286. The molecule has 1 N–H and O–H groups in total. The monoisotopic (exact) mass is 394 g/mol. The van der Waals surface area contributed by atoms with Gasteiger partial charge in [-0.05, 0) is 32.0 Å². The Hall–Kier alpha value is -1.93. The maximum absolute atomic E-state index is 11.9. The average molecular weight is 395 g/mol. The number of benzene rings is 1. The first kappa shape index (κ1) is 15.9. The van der Waals surface area contributed by atoms with Crippen molar-refractivity contribution in [3.8, 4) is 10.9 Å². The van der Waals surface area contributed by atoms with Crippen molar-refractivity contribution in [3.63, 3.8) is 0 Å². The molecule has 2 heterocycles. The van der Waals surface area contributed by atoms with E-state index in [9.17, 15) is 4.79 Å². The Balaban J connectivity index is 2.02. The quantitative estimate of drug-likeness (QED) is 0.687. The highest BCUT2D eigenvalue weighted by Gasteiger charge is 2.16. The van der Waals surface area contributed by atoms with Crippen LogP contribution < -0.4 is 10.1 Å². The van der Waals surface area contributed by atoms with Crippen LogP contribution in [0.15, 0.2) is 24.3 Å². The number of anilines is 1. The van der Waals surface area contributed by atoms with Crippen molar-refractivity contribution >= 4 is 49.2 Å². The number of rotatable bonds is 4. The lowest BCUT2D eigenvalue weighted by atomic mass is 10.3. The standard InChI is InChI=1S/C15H15BrN4O2S/c1-8-6-13(18-14(21)9(2)16)20(19-8)15-17-11-5-4-10(22-3)7-12(11)23-15/h4-7,9H,1-3H3,(H,18,21). The summed E-state index contributed by atoms with van der Waals surface area (Å²) < 4.78 is 7.89. The summed E-state index contributed by atoms with van der Waals surface area (Å²) in [5.41, 5.74) is 1.67. The van der Waals surface area contributed by atoms with Gasteiger partial charge in [-0.15, -0.1) is 0 Å². The van der Waals surface area contributed by atoms with E-state index in [0.717, 1.165) is 21.7 Å². The third-order valence-electron chi connectivity index (χ3n) is 3.21. The Bertz CT molecular complexity index is 872. The Morgan fingerprint density at radius 3 is 2.91 bits per heavy atom. The number of aromatic nitrogens is 3. The van der Waals surface area contributed by atoms with Crippen molar-refractivity contribution in [2.75, 3.05) is 12.4 Å². The number of hydrogen-bond donors (Lipinski definition) is 1. The largest absolute Gasteiger partial charge is 0.497 e. The Labute approximate surface area is 145 Å². The lowest BCUT2D eigenvalue weighted by molar-refractivity contribution is -0.115. The number of nitrogens with one attached hydrogen (secondary N) is 1. The lowest BCUT2D eigenvalue weighted by Crippen LogP contribution is -2.21. The minimum Gasteiger partial charge on any atom is -0.497 e. The van der Waals surface area contributed by atoms with E-state index in [2.05, 4.69) is 31.3 Å². The van der Waals surface area contributed by atoms with Crippen LogP contribution in [0, 0.1) is 6.92 Å². The molecule has 1 aromatic carbocycles. The fourth-order valence-corrected chi connectivity index (χ4v) is 3.14. The van der Waals surface area contributed by atoms with Gasteiger partial charge in [0.05, 0.1) is 27.8 Å². The topological polar surface area (TPSA) is 69.0 Å².